The minimum absolute atomic E-state index is 0.0376. The Labute approximate surface area is 223 Å². The van der Waals surface area contributed by atoms with Crippen LogP contribution in [0.5, 0.6) is 0 Å². The molecule has 0 unspecified atom stereocenters. The predicted octanol–water partition coefficient (Wildman–Crippen LogP) is 5.50. The molecule has 4 rings (SSSR count). The molecular formula is C28H26O7S3. The molecule has 0 saturated carbocycles. The third-order valence-corrected chi connectivity index (χ3v) is 11.0. The van der Waals surface area contributed by atoms with Gasteiger partial charge in [0.2, 0.25) is 19.7 Å². The molecule has 0 heterocycles. The Morgan fingerprint density at radius 2 is 1.00 bits per heavy atom. The van der Waals surface area contributed by atoms with E-state index in [4.69, 9.17) is 0 Å². The van der Waals surface area contributed by atoms with Crippen molar-refractivity contribution >= 4 is 29.8 Å². The van der Waals surface area contributed by atoms with Crippen LogP contribution in [0.3, 0.4) is 0 Å². The van der Waals surface area contributed by atoms with E-state index in [2.05, 4.69) is 0 Å². The minimum atomic E-state index is -4.73. The molecule has 10 heteroatoms. The fourth-order valence-electron chi connectivity index (χ4n) is 4.27. The molecule has 4 aromatic carbocycles. The van der Waals surface area contributed by atoms with Crippen molar-refractivity contribution in [2.45, 2.75) is 52.2 Å². The zero-order valence-electron chi connectivity index (χ0n) is 21.1. The van der Waals surface area contributed by atoms with Gasteiger partial charge in [-0.15, -0.1) is 0 Å². The van der Waals surface area contributed by atoms with Crippen LogP contribution in [0.1, 0.15) is 22.3 Å². The fourth-order valence-corrected chi connectivity index (χ4v) is 8.48. The zero-order valence-corrected chi connectivity index (χ0v) is 23.6. The Balaban J connectivity index is 2.10. The van der Waals surface area contributed by atoms with Gasteiger partial charge in [0.05, 0.1) is 19.6 Å². The van der Waals surface area contributed by atoms with Crippen molar-refractivity contribution in [3.8, 4) is 11.1 Å². The highest BCUT2D eigenvalue weighted by molar-refractivity contribution is 7.92. The van der Waals surface area contributed by atoms with Gasteiger partial charge in [-0.3, -0.25) is 4.55 Å². The highest BCUT2D eigenvalue weighted by atomic mass is 32.2. The van der Waals surface area contributed by atoms with Crippen LogP contribution in [0, 0.1) is 27.7 Å². The maximum atomic E-state index is 14.1. The largest absolute Gasteiger partial charge is 0.295 e. The second-order valence-corrected chi connectivity index (χ2v) is 14.4. The van der Waals surface area contributed by atoms with Crippen LogP contribution in [0.2, 0.25) is 0 Å². The summed E-state index contributed by atoms with van der Waals surface area (Å²) in [5.41, 5.74) is 2.20. The molecule has 0 bridgehead atoms. The summed E-state index contributed by atoms with van der Waals surface area (Å²) in [4.78, 5) is -1.15. The first kappa shape index (κ1) is 27.7. The van der Waals surface area contributed by atoms with Crippen molar-refractivity contribution in [3.63, 3.8) is 0 Å². The molecule has 7 nitrogen and oxygen atoms in total. The van der Waals surface area contributed by atoms with E-state index in [1.54, 1.807) is 52.0 Å². The van der Waals surface area contributed by atoms with Gasteiger partial charge in [-0.1, -0.05) is 48.5 Å². The lowest BCUT2D eigenvalue weighted by molar-refractivity contribution is 0.483. The molecule has 1 N–H and O–H groups in total. The molecular weight excluding hydrogens is 545 g/mol. The molecule has 0 aliphatic heterocycles. The molecule has 0 radical (unpaired) electrons. The minimum Gasteiger partial charge on any atom is -0.282 e. The van der Waals surface area contributed by atoms with Crippen LogP contribution in [0.15, 0.2) is 103 Å². The van der Waals surface area contributed by atoms with Crippen LogP contribution >= 0.6 is 0 Å². The molecule has 198 valence electrons. The molecule has 0 amide bonds. The number of hydrogen-bond acceptors (Lipinski definition) is 6. The van der Waals surface area contributed by atoms with Gasteiger partial charge in [0.15, 0.2) is 0 Å². The van der Waals surface area contributed by atoms with Crippen molar-refractivity contribution in [1.82, 2.24) is 0 Å². The summed E-state index contributed by atoms with van der Waals surface area (Å²) in [6.07, 6.45) is 0. The van der Waals surface area contributed by atoms with E-state index in [-0.39, 0.29) is 25.8 Å². The Hall–Kier alpha value is -3.31. The smallest absolute Gasteiger partial charge is 0.282 e. The van der Waals surface area contributed by atoms with E-state index in [1.807, 2.05) is 0 Å². The van der Waals surface area contributed by atoms with Crippen LogP contribution < -0.4 is 0 Å². The summed E-state index contributed by atoms with van der Waals surface area (Å²) in [6, 6.07) is 18.8. The van der Waals surface area contributed by atoms with Gasteiger partial charge < -0.3 is 0 Å². The van der Waals surface area contributed by atoms with Crippen molar-refractivity contribution in [1.29, 1.82) is 0 Å². The van der Waals surface area contributed by atoms with Gasteiger partial charge in [0.25, 0.3) is 10.1 Å². The normalized spacial score (nSPS) is 12.4. The van der Waals surface area contributed by atoms with Crippen molar-refractivity contribution in [3.05, 3.63) is 101 Å². The third kappa shape index (κ3) is 5.04. The maximum Gasteiger partial charge on any atom is 0.295 e. The molecule has 0 spiro atoms. The second kappa shape index (κ2) is 9.77. The summed E-state index contributed by atoms with van der Waals surface area (Å²) in [7, 11) is -13.2. The SMILES string of the molecule is Cc1ccc(C)c(S(=O)(=O)c2ccc(-c3ccccc3S(=O)(=O)O)c(S(=O)(=O)c3cc(C)ccc3C)c2)c1. The molecule has 0 saturated heterocycles. The summed E-state index contributed by atoms with van der Waals surface area (Å²) in [5.74, 6) is 0. The summed E-state index contributed by atoms with van der Waals surface area (Å²) in [5, 5.41) is 0. The van der Waals surface area contributed by atoms with E-state index in [0.717, 1.165) is 17.7 Å². The first-order chi connectivity index (χ1) is 17.6. The molecule has 0 aliphatic carbocycles. The van der Waals surface area contributed by atoms with E-state index in [9.17, 15) is 29.8 Å². The van der Waals surface area contributed by atoms with Gasteiger partial charge in [0, 0.05) is 11.1 Å². The monoisotopic (exact) mass is 570 g/mol. The van der Waals surface area contributed by atoms with E-state index >= 15 is 0 Å². The van der Waals surface area contributed by atoms with Gasteiger partial charge in [0.1, 0.15) is 4.90 Å². The fraction of sp³-hybridized carbons (Fsp3) is 0.143. The van der Waals surface area contributed by atoms with Crippen LogP contribution in [-0.2, 0) is 29.8 Å². The topological polar surface area (TPSA) is 123 Å². The molecule has 4 aromatic rings. The van der Waals surface area contributed by atoms with Crippen molar-refractivity contribution in [2.75, 3.05) is 0 Å². The lowest BCUT2D eigenvalue weighted by Gasteiger charge is -2.17. The quantitative estimate of drug-likeness (QED) is 0.304. The van der Waals surface area contributed by atoms with Gasteiger partial charge in [-0.05, 0) is 80.3 Å². The highest BCUT2D eigenvalue weighted by Gasteiger charge is 2.30. The Morgan fingerprint density at radius 1 is 0.500 bits per heavy atom. The average molecular weight is 571 g/mol. The molecule has 0 aromatic heterocycles. The van der Waals surface area contributed by atoms with Crippen molar-refractivity contribution in [2.24, 2.45) is 0 Å². The standard InChI is InChI=1S/C28H26O7S3/c1-18-9-11-20(3)26(15-18)36(29,30)22-13-14-24(23-7-5-6-8-25(23)38(33,34)35)28(17-22)37(31,32)27-16-19(2)10-12-21(27)4/h5-17H,1-4H3,(H,33,34,35). The average Bonchev–Trinajstić information content (AvgIpc) is 2.86. The number of benzene rings is 4. The van der Waals surface area contributed by atoms with Gasteiger partial charge in [-0.25, -0.2) is 16.8 Å². The van der Waals surface area contributed by atoms with Crippen LogP contribution in [0.25, 0.3) is 11.1 Å². The lowest BCUT2D eigenvalue weighted by atomic mass is 10.1. The predicted molar refractivity (Wildman–Crippen MR) is 144 cm³/mol. The number of hydrogen-bond donors (Lipinski definition) is 1. The molecule has 0 aliphatic rings. The van der Waals surface area contributed by atoms with Crippen LogP contribution in [-0.4, -0.2) is 29.8 Å². The van der Waals surface area contributed by atoms with Crippen molar-refractivity contribution < 1.29 is 29.8 Å². The first-order valence-electron chi connectivity index (χ1n) is 11.5. The number of sulfone groups is 2. The Kier molecular flexibility index (Phi) is 7.13. The van der Waals surface area contributed by atoms with Gasteiger partial charge >= 0.3 is 0 Å². The van der Waals surface area contributed by atoms with E-state index in [0.29, 0.717) is 16.7 Å². The van der Waals surface area contributed by atoms with E-state index in [1.165, 1.54) is 42.5 Å². The second-order valence-electron chi connectivity index (χ2n) is 9.17. The molecule has 0 fully saturated rings. The number of rotatable bonds is 6. The molecule has 38 heavy (non-hydrogen) atoms. The Morgan fingerprint density at radius 3 is 1.55 bits per heavy atom. The maximum absolute atomic E-state index is 14.1. The lowest BCUT2D eigenvalue weighted by Crippen LogP contribution is -2.11. The third-order valence-electron chi connectivity index (χ3n) is 6.27. The Bertz CT molecular complexity index is 1910. The zero-order chi connectivity index (χ0) is 28.0. The highest BCUT2D eigenvalue weighted by Crippen LogP contribution is 2.38. The first-order valence-corrected chi connectivity index (χ1v) is 15.9. The van der Waals surface area contributed by atoms with Gasteiger partial charge in [-0.2, -0.15) is 8.42 Å². The summed E-state index contributed by atoms with van der Waals surface area (Å²) < 4.78 is 89.7. The number of aryl methyl sites for hydroxylation is 4. The molecule has 0 atom stereocenters. The van der Waals surface area contributed by atoms with E-state index < -0.39 is 39.6 Å². The summed E-state index contributed by atoms with van der Waals surface area (Å²) in [6.45, 7) is 6.75. The summed E-state index contributed by atoms with van der Waals surface area (Å²) >= 11 is 0. The van der Waals surface area contributed by atoms with Crippen LogP contribution in [0.4, 0.5) is 0 Å².